The SMILES string of the molecule is COC(=O)c1ccc(C2CN(C)C2)c(N)c1. The Morgan fingerprint density at radius 3 is 2.69 bits per heavy atom. The van der Waals surface area contributed by atoms with Gasteiger partial charge in [-0.25, -0.2) is 4.79 Å². The number of anilines is 1. The van der Waals surface area contributed by atoms with E-state index in [1.807, 2.05) is 6.07 Å². The average molecular weight is 220 g/mol. The van der Waals surface area contributed by atoms with Crippen molar-refractivity contribution in [1.82, 2.24) is 4.90 Å². The number of carbonyl (C=O) groups is 1. The number of benzene rings is 1. The van der Waals surface area contributed by atoms with Gasteiger partial charge in [0, 0.05) is 24.7 Å². The molecule has 1 heterocycles. The van der Waals surface area contributed by atoms with Crippen LogP contribution in [0.15, 0.2) is 18.2 Å². The molecule has 0 saturated carbocycles. The number of methoxy groups -OCH3 is 1. The van der Waals surface area contributed by atoms with E-state index in [1.165, 1.54) is 7.11 Å². The van der Waals surface area contributed by atoms with Crippen molar-refractivity contribution in [2.75, 3.05) is 33.0 Å². The Labute approximate surface area is 95.0 Å². The van der Waals surface area contributed by atoms with Crippen molar-refractivity contribution in [2.24, 2.45) is 0 Å². The molecule has 0 spiro atoms. The second kappa shape index (κ2) is 4.14. The van der Waals surface area contributed by atoms with E-state index in [4.69, 9.17) is 5.73 Å². The summed E-state index contributed by atoms with van der Waals surface area (Å²) in [7, 11) is 3.45. The first-order valence-corrected chi connectivity index (χ1v) is 5.28. The fraction of sp³-hybridized carbons (Fsp3) is 0.417. The van der Waals surface area contributed by atoms with Crippen molar-refractivity contribution < 1.29 is 9.53 Å². The molecule has 1 aliphatic heterocycles. The third-order valence-corrected chi connectivity index (χ3v) is 3.01. The molecule has 1 saturated heterocycles. The van der Waals surface area contributed by atoms with E-state index in [0.29, 0.717) is 17.2 Å². The van der Waals surface area contributed by atoms with Crippen LogP contribution in [0.2, 0.25) is 0 Å². The molecule has 0 amide bonds. The van der Waals surface area contributed by atoms with Crippen molar-refractivity contribution in [3.05, 3.63) is 29.3 Å². The highest BCUT2D eigenvalue weighted by Gasteiger charge is 2.26. The van der Waals surface area contributed by atoms with Crippen LogP contribution >= 0.6 is 0 Å². The summed E-state index contributed by atoms with van der Waals surface area (Å²) in [5.41, 5.74) is 8.27. The van der Waals surface area contributed by atoms with Crippen LogP contribution in [0.5, 0.6) is 0 Å². The molecule has 1 aliphatic rings. The van der Waals surface area contributed by atoms with E-state index in [1.54, 1.807) is 12.1 Å². The molecule has 0 aromatic heterocycles. The molecule has 0 atom stereocenters. The van der Waals surface area contributed by atoms with Crippen LogP contribution in [0.3, 0.4) is 0 Å². The zero-order valence-electron chi connectivity index (χ0n) is 9.56. The first-order chi connectivity index (χ1) is 7.61. The summed E-state index contributed by atoms with van der Waals surface area (Å²) in [6, 6.07) is 5.40. The zero-order chi connectivity index (χ0) is 11.7. The van der Waals surface area contributed by atoms with Gasteiger partial charge in [0.15, 0.2) is 0 Å². The van der Waals surface area contributed by atoms with Gasteiger partial charge in [-0.15, -0.1) is 0 Å². The largest absolute Gasteiger partial charge is 0.465 e. The molecule has 0 aliphatic carbocycles. The summed E-state index contributed by atoms with van der Waals surface area (Å²) in [5, 5.41) is 0. The minimum Gasteiger partial charge on any atom is -0.465 e. The van der Waals surface area contributed by atoms with Gasteiger partial charge in [0.2, 0.25) is 0 Å². The topological polar surface area (TPSA) is 55.6 Å². The summed E-state index contributed by atoms with van der Waals surface area (Å²) < 4.78 is 4.65. The molecule has 0 bridgehead atoms. The van der Waals surface area contributed by atoms with Crippen LogP contribution in [-0.2, 0) is 4.74 Å². The van der Waals surface area contributed by atoms with E-state index < -0.39 is 0 Å². The van der Waals surface area contributed by atoms with Gasteiger partial charge in [-0.3, -0.25) is 0 Å². The number of esters is 1. The Bertz CT molecular complexity index is 411. The lowest BCUT2D eigenvalue weighted by Crippen LogP contribution is -2.42. The maximum absolute atomic E-state index is 11.3. The summed E-state index contributed by atoms with van der Waals surface area (Å²) >= 11 is 0. The molecular formula is C12H16N2O2. The second-order valence-corrected chi connectivity index (χ2v) is 4.25. The Morgan fingerprint density at radius 2 is 2.19 bits per heavy atom. The van der Waals surface area contributed by atoms with E-state index in [2.05, 4.69) is 16.7 Å². The minimum atomic E-state index is -0.344. The predicted molar refractivity (Wildman–Crippen MR) is 62.4 cm³/mol. The van der Waals surface area contributed by atoms with Crippen molar-refractivity contribution in [1.29, 1.82) is 0 Å². The summed E-state index contributed by atoms with van der Waals surface area (Å²) in [5.74, 6) is 0.153. The number of ether oxygens (including phenoxy) is 1. The smallest absolute Gasteiger partial charge is 0.337 e. The Hall–Kier alpha value is -1.55. The first-order valence-electron chi connectivity index (χ1n) is 5.28. The molecule has 1 fully saturated rings. The molecule has 86 valence electrons. The summed E-state index contributed by atoms with van der Waals surface area (Å²) in [6.07, 6.45) is 0. The fourth-order valence-corrected chi connectivity index (χ4v) is 2.09. The third-order valence-electron chi connectivity index (χ3n) is 3.01. The normalized spacial score (nSPS) is 16.9. The van der Waals surface area contributed by atoms with E-state index in [9.17, 15) is 4.79 Å². The van der Waals surface area contributed by atoms with Crippen molar-refractivity contribution in [2.45, 2.75) is 5.92 Å². The van der Waals surface area contributed by atoms with Crippen LogP contribution < -0.4 is 5.73 Å². The van der Waals surface area contributed by atoms with Crippen LogP contribution in [0.1, 0.15) is 21.8 Å². The monoisotopic (exact) mass is 220 g/mol. The molecular weight excluding hydrogens is 204 g/mol. The highest BCUT2D eigenvalue weighted by molar-refractivity contribution is 5.90. The van der Waals surface area contributed by atoms with Crippen LogP contribution in [-0.4, -0.2) is 38.1 Å². The molecule has 1 aromatic carbocycles. The van der Waals surface area contributed by atoms with Gasteiger partial charge < -0.3 is 15.4 Å². The lowest BCUT2D eigenvalue weighted by molar-refractivity contribution is 0.0600. The maximum atomic E-state index is 11.3. The highest BCUT2D eigenvalue weighted by Crippen LogP contribution is 2.30. The summed E-state index contributed by atoms with van der Waals surface area (Å²) in [6.45, 7) is 2.06. The molecule has 4 heteroatoms. The van der Waals surface area contributed by atoms with Gasteiger partial charge in [0.1, 0.15) is 0 Å². The Balaban J connectivity index is 2.20. The number of nitrogens with zero attached hydrogens (tertiary/aromatic N) is 1. The Kier molecular flexibility index (Phi) is 2.83. The molecule has 0 radical (unpaired) electrons. The van der Waals surface area contributed by atoms with Gasteiger partial charge in [-0.2, -0.15) is 0 Å². The van der Waals surface area contributed by atoms with Gasteiger partial charge >= 0.3 is 5.97 Å². The lowest BCUT2D eigenvalue weighted by Gasteiger charge is -2.37. The number of nitrogens with two attached hydrogens (primary N) is 1. The zero-order valence-corrected chi connectivity index (χ0v) is 9.56. The van der Waals surface area contributed by atoms with Crippen LogP contribution in [0.25, 0.3) is 0 Å². The fourth-order valence-electron chi connectivity index (χ4n) is 2.09. The van der Waals surface area contributed by atoms with Crippen molar-refractivity contribution in [3.63, 3.8) is 0 Å². The number of hydrogen-bond acceptors (Lipinski definition) is 4. The molecule has 2 rings (SSSR count). The maximum Gasteiger partial charge on any atom is 0.337 e. The standard InChI is InChI=1S/C12H16N2O2/c1-14-6-9(7-14)10-4-3-8(5-11(10)13)12(15)16-2/h3-5,9H,6-7,13H2,1-2H3. The van der Waals surface area contributed by atoms with E-state index in [0.717, 1.165) is 18.7 Å². The Morgan fingerprint density at radius 1 is 1.50 bits per heavy atom. The highest BCUT2D eigenvalue weighted by atomic mass is 16.5. The number of hydrogen-bond donors (Lipinski definition) is 1. The number of rotatable bonds is 2. The third kappa shape index (κ3) is 1.88. The van der Waals surface area contributed by atoms with Crippen LogP contribution in [0, 0.1) is 0 Å². The number of carbonyl (C=O) groups excluding carboxylic acids is 1. The van der Waals surface area contributed by atoms with Gasteiger partial charge in [-0.1, -0.05) is 6.07 Å². The van der Waals surface area contributed by atoms with E-state index in [-0.39, 0.29) is 5.97 Å². The molecule has 2 N–H and O–H groups in total. The molecule has 16 heavy (non-hydrogen) atoms. The minimum absolute atomic E-state index is 0.344. The molecule has 0 unspecified atom stereocenters. The van der Waals surface area contributed by atoms with Crippen molar-refractivity contribution >= 4 is 11.7 Å². The molecule has 1 aromatic rings. The van der Waals surface area contributed by atoms with Gasteiger partial charge in [-0.05, 0) is 24.7 Å². The number of nitrogen functional groups attached to an aromatic ring is 1. The average Bonchev–Trinajstić information content (AvgIpc) is 2.24. The second-order valence-electron chi connectivity index (χ2n) is 4.25. The number of likely N-dealkylation sites (tertiary alicyclic amines) is 1. The van der Waals surface area contributed by atoms with E-state index >= 15 is 0 Å². The first kappa shape index (κ1) is 11.0. The van der Waals surface area contributed by atoms with Gasteiger partial charge in [0.25, 0.3) is 0 Å². The molecule has 4 nitrogen and oxygen atoms in total. The van der Waals surface area contributed by atoms with Crippen molar-refractivity contribution in [3.8, 4) is 0 Å². The summed E-state index contributed by atoms with van der Waals surface area (Å²) in [4.78, 5) is 13.5. The lowest BCUT2D eigenvalue weighted by atomic mass is 9.90. The quantitative estimate of drug-likeness (QED) is 0.598. The number of likely N-dealkylation sites (N-methyl/N-ethyl adjacent to an activating group) is 1. The predicted octanol–water partition coefficient (Wildman–Crippen LogP) is 1.08. The van der Waals surface area contributed by atoms with Crippen LogP contribution in [0.4, 0.5) is 5.69 Å². The van der Waals surface area contributed by atoms with Gasteiger partial charge in [0.05, 0.1) is 12.7 Å².